The number of nitrogens with zero attached hydrogens (tertiary/aromatic N) is 6. The van der Waals surface area contributed by atoms with Crippen molar-refractivity contribution in [3.8, 4) is 11.4 Å². The molecular weight excluding hydrogens is 432 g/mol. The van der Waals surface area contributed by atoms with Crippen LogP contribution in [0, 0.1) is 0 Å². The SMILES string of the molecule is COc1ccc(-n2nnnc2SCc2cc(=O)n3cc(Br)ccc3n2)cc1. The molecule has 8 nitrogen and oxygen atoms in total. The van der Waals surface area contributed by atoms with Gasteiger partial charge in [-0.05, 0) is 62.8 Å². The molecule has 0 saturated carbocycles. The molecule has 3 aromatic heterocycles. The Balaban J connectivity index is 1.58. The summed E-state index contributed by atoms with van der Waals surface area (Å²) >= 11 is 4.76. The monoisotopic (exact) mass is 444 g/mol. The fraction of sp³-hybridized carbons (Fsp3) is 0.118. The summed E-state index contributed by atoms with van der Waals surface area (Å²) in [6, 6.07) is 12.6. The number of hydrogen-bond donors (Lipinski definition) is 0. The molecule has 0 spiro atoms. The van der Waals surface area contributed by atoms with Gasteiger partial charge in [-0.2, -0.15) is 4.68 Å². The molecule has 0 fully saturated rings. The first-order chi connectivity index (χ1) is 13.1. The molecule has 0 unspecified atom stereocenters. The fourth-order valence-corrected chi connectivity index (χ4v) is 3.61. The van der Waals surface area contributed by atoms with E-state index in [1.807, 2.05) is 30.3 Å². The number of rotatable bonds is 5. The molecule has 10 heteroatoms. The van der Waals surface area contributed by atoms with E-state index in [0.29, 0.717) is 22.3 Å². The highest BCUT2D eigenvalue weighted by atomic mass is 79.9. The zero-order chi connectivity index (χ0) is 18.8. The quantitative estimate of drug-likeness (QED) is 0.437. The van der Waals surface area contributed by atoms with E-state index >= 15 is 0 Å². The predicted molar refractivity (Wildman–Crippen MR) is 104 cm³/mol. The number of halogens is 1. The Labute approximate surface area is 166 Å². The van der Waals surface area contributed by atoms with Crippen LogP contribution in [0.1, 0.15) is 5.69 Å². The van der Waals surface area contributed by atoms with Gasteiger partial charge in [0.2, 0.25) is 5.16 Å². The summed E-state index contributed by atoms with van der Waals surface area (Å²) in [5.74, 6) is 1.23. The van der Waals surface area contributed by atoms with Gasteiger partial charge in [0.05, 0.1) is 18.5 Å². The van der Waals surface area contributed by atoms with Crippen molar-refractivity contribution in [1.82, 2.24) is 29.6 Å². The van der Waals surface area contributed by atoms with Crippen LogP contribution in [-0.4, -0.2) is 36.7 Å². The minimum atomic E-state index is -0.133. The molecular formula is C17H13BrN6O2S. The Bertz CT molecular complexity index is 1160. The minimum Gasteiger partial charge on any atom is -0.497 e. The Kier molecular flexibility index (Phi) is 4.90. The van der Waals surface area contributed by atoms with Gasteiger partial charge in [-0.15, -0.1) is 5.10 Å². The second-order valence-corrected chi connectivity index (χ2v) is 7.38. The third-order valence-corrected chi connectivity index (χ3v) is 5.21. The number of aromatic nitrogens is 6. The van der Waals surface area contributed by atoms with E-state index in [1.54, 1.807) is 24.1 Å². The van der Waals surface area contributed by atoms with E-state index in [1.165, 1.54) is 22.2 Å². The van der Waals surface area contributed by atoms with Crippen molar-refractivity contribution >= 4 is 33.3 Å². The minimum absolute atomic E-state index is 0.133. The lowest BCUT2D eigenvalue weighted by atomic mass is 10.3. The van der Waals surface area contributed by atoms with Crippen molar-refractivity contribution < 1.29 is 4.74 Å². The third kappa shape index (κ3) is 3.71. The molecule has 0 aliphatic heterocycles. The number of benzene rings is 1. The molecule has 27 heavy (non-hydrogen) atoms. The standard InChI is InChI=1S/C17H13BrN6O2S/c1-26-14-5-3-13(4-6-14)24-17(20-21-22-24)27-10-12-8-16(25)23-9-11(18)2-7-15(23)19-12/h2-9H,10H2,1H3. The Morgan fingerprint density at radius 3 is 2.78 bits per heavy atom. The van der Waals surface area contributed by atoms with Crippen molar-refractivity contribution in [2.45, 2.75) is 10.9 Å². The second kappa shape index (κ2) is 7.49. The lowest BCUT2D eigenvalue weighted by Crippen LogP contribution is -2.15. The van der Waals surface area contributed by atoms with Crippen molar-refractivity contribution in [3.63, 3.8) is 0 Å². The maximum Gasteiger partial charge on any atom is 0.258 e. The maximum atomic E-state index is 12.3. The number of tetrazole rings is 1. The van der Waals surface area contributed by atoms with Crippen LogP contribution in [0.5, 0.6) is 5.75 Å². The van der Waals surface area contributed by atoms with Crippen LogP contribution >= 0.6 is 27.7 Å². The molecule has 0 atom stereocenters. The molecule has 0 aliphatic carbocycles. The number of thioether (sulfide) groups is 1. The highest BCUT2D eigenvalue weighted by Gasteiger charge is 2.11. The van der Waals surface area contributed by atoms with Gasteiger partial charge in [0.25, 0.3) is 5.56 Å². The molecule has 136 valence electrons. The van der Waals surface area contributed by atoms with Crippen LogP contribution in [0.3, 0.4) is 0 Å². The van der Waals surface area contributed by atoms with Crippen molar-refractivity contribution in [2.75, 3.05) is 7.11 Å². The average molecular weight is 445 g/mol. The van der Waals surface area contributed by atoms with E-state index in [0.717, 1.165) is 15.9 Å². The molecule has 4 aromatic rings. The van der Waals surface area contributed by atoms with Crippen LogP contribution in [-0.2, 0) is 5.75 Å². The van der Waals surface area contributed by atoms with E-state index in [4.69, 9.17) is 4.74 Å². The lowest BCUT2D eigenvalue weighted by Gasteiger charge is -2.06. The zero-order valence-electron chi connectivity index (χ0n) is 14.1. The molecule has 0 saturated heterocycles. The largest absolute Gasteiger partial charge is 0.497 e. The van der Waals surface area contributed by atoms with Crippen molar-refractivity contribution in [2.24, 2.45) is 0 Å². The molecule has 0 bridgehead atoms. The number of ether oxygens (including phenoxy) is 1. The Morgan fingerprint density at radius 1 is 1.19 bits per heavy atom. The summed E-state index contributed by atoms with van der Waals surface area (Å²) in [5, 5.41) is 12.5. The van der Waals surface area contributed by atoms with Crippen LogP contribution < -0.4 is 10.3 Å². The van der Waals surface area contributed by atoms with Gasteiger partial charge in [0.1, 0.15) is 11.4 Å². The number of methoxy groups -OCH3 is 1. The Hall–Kier alpha value is -2.72. The number of fused-ring (bicyclic) bond motifs is 1. The summed E-state index contributed by atoms with van der Waals surface area (Å²) in [7, 11) is 1.62. The van der Waals surface area contributed by atoms with E-state index in [9.17, 15) is 4.79 Å². The molecule has 0 N–H and O–H groups in total. The molecule has 0 amide bonds. The molecule has 4 rings (SSSR count). The van der Waals surface area contributed by atoms with Gasteiger partial charge in [0, 0.05) is 22.5 Å². The molecule has 3 heterocycles. The van der Waals surface area contributed by atoms with Crippen LogP contribution in [0.4, 0.5) is 0 Å². The average Bonchev–Trinajstić information content (AvgIpc) is 3.15. The van der Waals surface area contributed by atoms with Crippen molar-refractivity contribution in [1.29, 1.82) is 0 Å². The third-order valence-electron chi connectivity index (χ3n) is 3.78. The van der Waals surface area contributed by atoms with E-state index < -0.39 is 0 Å². The van der Waals surface area contributed by atoms with Gasteiger partial charge in [-0.25, -0.2) is 4.98 Å². The highest BCUT2D eigenvalue weighted by molar-refractivity contribution is 9.10. The van der Waals surface area contributed by atoms with E-state index in [-0.39, 0.29) is 5.56 Å². The smallest absolute Gasteiger partial charge is 0.258 e. The van der Waals surface area contributed by atoms with Crippen LogP contribution in [0.15, 0.2) is 63.1 Å². The molecule has 0 aliphatic rings. The topological polar surface area (TPSA) is 87.2 Å². The van der Waals surface area contributed by atoms with Gasteiger partial charge in [0.15, 0.2) is 0 Å². The number of hydrogen-bond acceptors (Lipinski definition) is 7. The first-order valence-electron chi connectivity index (χ1n) is 7.87. The second-order valence-electron chi connectivity index (χ2n) is 5.52. The van der Waals surface area contributed by atoms with Crippen LogP contribution in [0.25, 0.3) is 11.3 Å². The van der Waals surface area contributed by atoms with Gasteiger partial charge >= 0.3 is 0 Å². The summed E-state index contributed by atoms with van der Waals surface area (Å²) in [6.45, 7) is 0. The van der Waals surface area contributed by atoms with Gasteiger partial charge in [-0.1, -0.05) is 11.8 Å². The first-order valence-corrected chi connectivity index (χ1v) is 9.65. The summed E-state index contributed by atoms with van der Waals surface area (Å²) in [5.41, 5.74) is 1.94. The van der Waals surface area contributed by atoms with Gasteiger partial charge < -0.3 is 4.74 Å². The molecule has 0 radical (unpaired) electrons. The first kappa shape index (κ1) is 17.7. The Morgan fingerprint density at radius 2 is 2.00 bits per heavy atom. The molecule has 1 aromatic carbocycles. The predicted octanol–water partition coefficient (Wildman–Crippen LogP) is 2.73. The van der Waals surface area contributed by atoms with E-state index in [2.05, 4.69) is 36.4 Å². The van der Waals surface area contributed by atoms with Crippen LogP contribution in [0.2, 0.25) is 0 Å². The highest BCUT2D eigenvalue weighted by Crippen LogP contribution is 2.23. The van der Waals surface area contributed by atoms with Crippen molar-refractivity contribution in [3.05, 3.63) is 69.2 Å². The number of pyridine rings is 1. The maximum absolute atomic E-state index is 12.3. The summed E-state index contributed by atoms with van der Waals surface area (Å²) in [4.78, 5) is 16.8. The zero-order valence-corrected chi connectivity index (χ0v) is 16.5. The summed E-state index contributed by atoms with van der Waals surface area (Å²) in [6.07, 6.45) is 1.70. The summed E-state index contributed by atoms with van der Waals surface area (Å²) < 4.78 is 9.12. The lowest BCUT2D eigenvalue weighted by molar-refractivity contribution is 0.414. The fourth-order valence-electron chi connectivity index (χ4n) is 2.49. The van der Waals surface area contributed by atoms with Gasteiger partial charge in [-0.3, -0.25) is 9.20 Å². The normalized spacial score (nSPS) is 11.0.